The van der Waals surface area contributed by atoms with Gasteiger partial charge < -0.3 is 4.42 Å². The van der Waals surface area contributed by atoms with Crippen molar-refractivity contribution < 1.29 is 4.42 Å². The van der Waals surface area contributed by atoms with Crippen LogP contribution in [0.2, 0.25) is 0 Å². The Labute approximate surface area is 101 Å². The Hall–Kier alpha value is -2.02. The molecule has 0 fully saturated rings. The molecule has 17 heavy (non-hydrogen) atoms. The van der Waals surface area contributed by atoms with Crippen molar-refractivity contribution >= 4 is 11.0 Å². The van der Waals surface area contributed by atoms with Crippen LogP contribution in [0.3, 0.4) is 0 Å². The van der Waals surface area contributed by atoms with Crippen LogP contribution in [0.15, 0.2) is 52.9 Å². The Morgan fingerprint density at radius 1 is 0.882 bits per heavy atom. The molecule has 0 saturated carbocycles. The summed E-state index contributed by atoms with van der Waals surface area (Å²) in [5.74, 6) is 0.951. The van der Waals surface area contributed by atoms with E-state index in [1.54, 1.807) is 0 Å². The predicted octanol–water partition coefficient (Wildman–Crippen LogP) is 4.72. The predicted molar refractivity (Wildman–Crippen MR) is 71.1 cm³/mol. The molecule has 0 aliphatic heterocycles. The standard InChI is InChI=1S/C16H14O/c1-11-7-8-12(2)14(9-11)16-10-13-5-3-4-6-15(13)17-16/h3-10H,1-2H3. The van der Waals surface area contributed by atoms with Gasteiger partial charge in [-0.1, -0.05) is 35.9 Å². The van der Waals surface area contributed by atoms with E-state index in [4.69, 9.17) is 4.42 Å². The molecular weight excluding hydrogens is 208 g/mol. The zero-order valence-electron chi connectivity index (χ0n) is 10.0. The topological polar surface area (TPSA) is 13.1 Å². The Morgan fingerprint density at radius 3 is 2.53 bits per heavy atom. The van der Waals surface area contributed by atoms with Crippen LogP contribution in [0, 0.1) is 13.8 Å². The van der Waals surface area contributed by atoms with Crippen molar-refractivity contribution in [2.75, 3.05) is 0 Å². The second-order valence-corrected chi connectivity index (χ2v) is 4.47. The van der Waals surface area contributed by atoms with E-state index in [9.17, 15) is 0 Å². The van der Waals surface area contributed by atoms with Crippen LogP contribution >= 0.6 is 0 Å². The first-order valence-electron chi connectivity index (χ1n) is 5.80. The van der Waals surface area contributed by atoms with Gasteiger partial charge in [0.15, 0.2) is 0 Å². The highest BCUT2D eigenvalue weighted by Crippen LogP contribution is 2.30. The molecule has 1 aromatic heterocycles. The number of aryl methyl sites for hydroxylation is 2. The lowest BCUT2D eigenvalue weighted by atomic mass is 10.0. The average molecular weight is 222 g/mol. The largest absolute Gasteiger partial charge is 0.456 e. The van der Waals surface area contributed by atoms with E-state index in [-0.39, 0.29) is 0 Å². The molecule has 0 bridgehead atoms. The highest BCUT2D eigenvalue weighted by molar-refractivity contribution is 5.83. The number of para-hydroxylation sites is 1. The Balaban J connectivity index is 2.23. The summed E-state index contributed by atoms with van der Waals surface area (Å²) in [5, 5.41) is 1.16. The minimum Gasteiger partial charge on any atom is -0.456 e. The van der Waals surface area contributed by atoms with E-state index in [0.29, 0.717) is 0 Å². The summed E-state index contributed by atoms with van der Waals surface area (Å²) in [6, 6.07) is 16.7. The number of benzene rings is 2. The second kappa shape index (κ2) is 3.77. The number of hydrogen-bond donors (Lipinski definition) is 0. The molecule has 0 aliphatic rings. The minimum atomic E-state index is 0.948. The van der Waals surface area contributed by atoms with Crippen LogP contribution in [0.25, 0.3) is 22.3 Å². The van der Waals surface area contributed by atoms with Crippen LogP contribution < -0.4 is 0 Å². The quantitative estimate of drug-likeness (QED) is 0.580. The van der Waals surface area contributed by atoms with E-state index in [0.717, 1.165) is 16.7 Å². The van der Waals surface area contributed by atoms with E-state index in [2.05, 4.69) is 44.2 Å². The third-order valence-corrected chi connectivity index (χ3v) is 3.08. The Kier molecular flexibility index (Phi) is 2.25. The van der Waals surface area contributed by atoms with E-state index in [1.165, 1.54) is 16.7 Å². The lowest BCUT2D eigenvalue weighted by Crippen LogP contribution is -1.82. The zero-order chi connectivity index (χ0) is 11.8. The van der Waals surface area contributed by atoms with Gasteiger partial charge in [-0.3, -0.25) is 0 Å². The molecule has 1 nitrogen and oxygen atoms in total. The molecule has 1 heteroatoms. The molecule has 84 valence electrons. The summed E-state index contributed by atoms with van der Waals surface area (Å²) >= 11 is 0. The van der Waals surface area contributed by atoms with Crippen molar-refractivity contribution in [1.82, 2.24) is 0 Å². The minimum absolute atomic E-state index is 0.948. The highest BCUT2D eigenvalue weighted by atomic mass is 16.3. The SMILES string of the molecule is Cc1ccc(C)c(-c2cc3ccccc3o2)c1. The van der Waals surface area contributed by atoms with Gasteiger partial charge in [-0.15, -0.1) is 0 Å². The van der Waals surface area contributed by atoms with E-state index < -0.39 is 0 Å². The Morgan fingerprint density at radius 2 is 1.71 bits per heavy atom. The van der Waals surface area contributed by atoms with Crippen LogP contribution in [0.1, 0.15) is 11.1 Å². The molecule has 0 atom stereocenters. The lowest BCUT2D eigenvalue weighted by molar-refractivity contribution is 0.631. The van der Waals surface area contributed by atoms with Gasteiger partial charge in [-0.25, -0.2) is 0 Å². The fraction of sp³-hybridized carbons (Fsp3) is 0.125. The van der Waals surface area contributed by atoms with Crippen LogP contribution in [-0.2, 0) is 0 Å². The number of fused-ring (bicyclic) bond motifs is 1. The molecule has 0 radical (unpaired) electrons. The summed E-state index contributed by atoms with van der Waals surface area (Å²) in [6.07, 6.45) is 0. The summed E-state index contributed by atoms with van der Waals surface area (Å²) < 4.78 is 5.89. The molecule has 0 aliphatic carbocycles. The summed E-state index contributed by atoms with van der Waals surface area (Å²) in [6.45, 7) is 4.22. The maximum atomic E-state index is 5.89. The van der Waals surface area contributed by atoms with Gasteiger partial charge in [0.1, 0.15) is 11.3 Å². The van der Waals surface area contributed by atoms with Gasteiger partial charge in [0.2, 0.25) is 0 Å². The van der Waals surface area contributed by atoms with E-state index in [1.807, 2.05) is 18.2 Å². The smallest absolute Gasteiger partial charge is 0.135 e. The summed E-state index contributed by atoms with van der Waals surface area (Å²) in [4.78, 5) is 0. The van der Waals surface area contributed by atoms with Crippen molar-refractivity contribution in [3.8, 4) is 11.3 Å². The Bertz CT molecular complexity index is 644. The third-order valence-electron chi connectivity index (χ3n) is 3.08. The first kappa shape index (κ1) is 10.2. The fourth-order valence-corrected chi connectivity index (χ4v) is 2.12. The molecule has 3 rings (SSSR count). The summed E-state index contributed by atoms with van der Waals surface area (Å²) in [5.41, 5.74) is 4.63. The molecule has 3 aromatic rings. The first-order chi connectivity index (χ1) is 8.24. The van der Waals surface area contributed by atoms with Crippen molar-refractivity contribution in [2.24, 2.45) is 0 Å². The molecule has 1 heterocycles. The molecule has 2 aromatic carbocycles. The normalized spacial score (nSPS) is 10.9. The molecule has 0 N–H and O–H groups in total. The monoisotopic (exact) mass is 222 g/mol. The van der Waals surface area contributed by atoms with Gasteiger partial charge in [-0.05, 0) is 37.6 Å². The van der Waals surface area contributed by atoms with Gasteiger partial charge in [0.25, 0.3) is 0 Å². The van der Waals surface area contributed by atoms with Crippen molar-refractivity contribution in [3.63, 3.8) is 0 Å². The van der Waals surface area contributed by atoms with Gasteiger partial charge in [0, 0.05) is 10.9 Å². The average Bonchev–Trinajstić information content (AvgIpc) is 2.75. The molecule has 0 spiro atoms. The number of furan rings is 1. The summed E-state index contributed by atoms with van der Waals surface area (Å²) in [7, 11) is 0. The van der Waals surface area contributed by atoms with Crippen LogP contribution in [0.4, 0.5) is 0 Å². The maximum Gasteiger partial charge on any atom is 0.135 e. The van der Waals surface area contributed by atoms with Crippen LogP contribution in [-0.4, -0.2) is 0 Å². The molecule has 0 saturated heterocycles. The molecule has 0 amide bonds. The van der Waals surface area contributed by atoms with Crippen LogP contribution in [0.5, 0.6) is 0 Å². The first-order valence-corrected chi connectivity index (χ1v) is 5.80. The second-order valence-electron chi connectivity index (χ2n) is 4.47. The zero-order valence-corrected chi connectivity index (χ0v) is 10.0. The molecular formula is C16H14O. The number of hydrogen-bond acceptors (Lipinski definition) is 1. The van der Waals surface area contributed by atoms with Gasteiger partial charge in [0.05, 0.1) is 0 Å². The van der Waals surface area contributed by atoms with Crippen molar-refractivity contribution in [2.45, 2.75) is 13.8 Å². The molecule has 0 unspecified atom stereocenters. The van der Waals surface area contributed by atoms with E-state index >= 15 is 0 Å². The van der Waals surface area contributed by atoms with Gasteiger partial charge in [-0.2, -0.15) is 0 Å². The third kappa shape index (κ3) is 1.74. The van der Waals surface area contributed by atoms with Crippen molar-refractivity contribution in [1.29, 1.82) is 0 Å². The van der Waals surface area contributed by atoms with Gasteiger partial charge >= 0.3 is 0 Å². The van der Waals surface area contributed by atoms with Crippen molar-refractivity contribution in [3.05, 3.63) is 59.7 Å². The fourth-order valence-electron chi connectivity index (χ4n) is 2.12. The highest BCUT2D eigenvalue weighted by Gasteiger charge is 2.08. The maximum absolute atomic E-state index is 5.89. The lowest BCUT2D eigenvalue weighted by Gasteiger charge is -2.03. The number of rotatable bonds is 1.